The van der Waals surface area contributed by atoms with Crippen molar-refractivity contribution in [2.24, 2.45) is 5.73 Å². The number of carbonyl (C=O) groups excluding carboxylic acids is 1. The van der Waals surface area contributed by atoms with Gasteiger partial charge < -0.3 is 20.5 Å². The van der Waals surface area contributed by atoms with Crippen molar-refractivity contribution in [3.05, 3.63) is 35.1 Å². The monoisotopic (exact) mass is 298 g/mol. The molecule has 0 saturated carbocycles. The van der Waals surface area contributed by atoms with Gasteiger partial charge in [-0.2, -0.15) is 0 Å². The Kier molecular flexibility index (Phi) is 8.57. The molecule has 0 aromatic heterocycles. The molecule has 3 N–H and O–H groups in total. The zero-order chi connectivity index (χ0) is 15.5. The number of nitrogens with two attached hydrogens (primary N) is 1. The van der Waals surface area contributed by atoms with Gasteiger partial charge in [0.1, 0.15) is 5.82 Å². The van der Waals surface area contributed by atoms with E-state index < -0.39 is 0 Å². The van der Waals surface area contributed by atoms with E-state index in [-0.39, 0.29) is 18.3 Å². The molecule has 0 radical (unpaired) electrons. The minimum atomic E-state index is -0.382. The first kappa shape index (κ1) is 17.6. The van der Waals surface area contributed by atoms with E-state index in [1.807, 2.05) is 0 Å². The van der Waals surface area contributed by atoms with Gasteiger partial charge >= 0.3 is 0 Å². The summed E-state index contributed by atoms with van der Waals surface area (Å²) in [6.45, 7) is 2.11. The van der Waals surface area contributed by atoms with Gasteiger partial charge in [0.25, 0.3) is 5.91 Å². The average molecular weight is 298 g/mol. The standard InChI is InChI=1S/C15H23FN2O3/c1-20-8-9-21-11-13-10-12(4-5-14(13)16)15(19)18-7-3-2-6-17/h4-5,10H,2-3,6-9,11,17H2,1H3,(H,18,19). The van der Waals surface area contributed by atoms with Crippen LogP contribution in [0.1, 0.15) is 28.8 Å². The van der Waals surface area contributed by atoms with Crippen molar-refractivity contribution in [3.8, 4) is 0 Å². The van der Waals surface area contributed by atoms with Crippen LogP contribution in [0.5, 0.6) is 0 Å². The van der Waals surface area contributed by atoms with Crippen LogP contribution in [-0.2, 0) is 16.1 Å². The quantitative estimate of drug-likeness (QED) is 0.641. The Morgan fingerprint density at radius 1 is 1.33 bits per heavy atom. The molecule has 21 heavy (non-hydrogen) atoms. The Morgan fingerprint density at radius 3 is 2.86 bits per heavy atom. The highest BCUT2D eigenvalue weighted by molar-refractivity contribution is 5.94. The zero-order valence-corrected chi connectivity index (χ0v) is 12.4. The Labute approximate surface area is 124 Å². The lowest BCUT2D eigenvalue weighted by molar-refractivity contribution is 0.0604. The topological polar surface area (TPSA) is 73.6 Å². The number of hydrogen-bond donors (Lipinski definition) is 2. The van der Waals surface area contributed by atoms with E-state index in [1.54, 1.807) is 7.11 Å². The molecule has 6 heteroatoms. The van der Waals surface area contributed by atoms with E-state index in [1.165, 1.54) is 18.2 Å². The van der Waals surface area contributed by atoms with Crippen molar-refractivity contribution >= 4 is 5.91 Å². The molecule has 0 aliphatic rings. The number of halogens is 1. The number of unbranched alkanes of at least 4 members (excludes halogenated alkanes) is 1. The lowest BCUT2D eigenvalue weighted by Crippen LogP contribution is -2.25. The largest absolute Gasteiger partial charge is 0.382 e. The Hall–Kier alpha value is -1.50. The molecule has 0 heterocycles. The van der Waals surface area contributed by atoms with E-state index in [2.05, 4.69) is 5.32 Å². The lowest BCUT2D eigenvalue weighted by atomic mass is 10.1. The maximum atomic E-state index is 13.6. The van der Waals surface area contributed by atoms with Crippen LogP contribution in [0, 0.1) is 5.82 Å². The van der Waals surface area contributed by atoms with Crippen molar-refractivity contribution in [3.63, 3.8) is 0 Å². The summed E-state index contributed by atoms with van der Waals surface area (Å²) in [5.74, 6) is -0.600. The molecule has 1 rings (SSSR count). The highest BCUT2D eigenvalue weighted by Crippen LogP contribution is 2.12. The van der Waals surface area contributed by atoms with Gasteiger partial charge in [0.2, 0.25) is 0 Å². The summed E-state index contributed by atoms with van der Waals surface area (Å²) in [5.41, 5.74) is 6.17. The van der Waals surface area contributed by atoms with Gasteiger partial charge in [-0.1, -0.05) is 0 Å². The fraction of sp³-hybridized carbons (Fsp3) is 0.533. The van der Waals surface area contributed by atoms with Crippen LogP contribution >= 0.6 is 0 Å². The Bertz CT molecular complexity index is 441. The molecule has 0 spiro atoms. The van der Waals surface area contributed by atoms with Crippen LogP contribution in [0.3, 0.4) is 0 Å². The van der Waals surface area contributed by atoms with Gasteiger partial charge in [0.15, 0.2) is 0 Å². The van der Waals surface area contributed by atoms with Crippen LogP contribution in [0.2, 0.25) is 0 Å². The third-order valence-electron chi connectivity index (χ3n) is 2.91. The van der Waals surface area contributed by atoms with Gasteiger partial charge in [-0.05, 0) is 37.6 Å². The molecule has 0 unspecified atom stereocenters. The molecule has 0 bridgehead atoms. The summed E-state index contributed by atoms with van der Waals surface area (Å²) in [6.07, 6.45) is 1.69. The predicted octanol–water partition coefficient (Wildman–Crippen LogP) is 1.46. The number of carbonyl (C=O) groups is 1. The van der Waals surface area contributed by atoms with Crippen LogP contribution in [0.25, 0.3) is 0 Å². The molecule has 0 saturated heterocycles. The molecule has 1 aromatic carbocycles. The summed E-state index contributed by atoms with van der Waals surface area (Å²) in [6, 6.07) is 4.26. The van der Waals surface area contributed by atoms with E-state index in [4.69, 9.17) is 15.2 Å². The molecular weight excluding hydrogens is 275 g/mol. The van der Waals surface area contributed by atoms with E-state index in [9.17, 15) is 9.18 Å². The lowest BCUT2D eigenvalue weighted by Gasteiger charge is -2.08. The molecule has 0 atom stereocenters. The number of nitrogens with one attached hydrogen (secondary N) is 1. The molecule has 1 aromatic rings. The summed E-state index contributed by atoms with van der Waals surface area (Å²) >= 11 is 0. The average Bonchev–Trinajstić information content (AvgIpc) is 2.49. The van der Waals surface area contributed by atoms with Gasteiger partial charge in [-0.15, -0.1) is 0 Å². The molecule has 5 nitrogen and oxygen atoms in total. The third kappa shape index (κ3) is 6.66. The Morgan fingerprint density at radius 2 is 2.14 bits per heavy atom. The van der Waals surface area contributed by atoms with E-state index in [0.717, 1.165) is 12.8 Å². The number of ether oxygens (including phenoxy) is 2. The second-order valence-electron chi connectivity index (χ2n) is 4.60. The highest BCUT2D eigenvalue weighted by atomic mass is 19.1. The first-order chi connectivity index (χ1) is 10.2. The molecule has 0 aliphatic carbocycles. The second kappa shape index (κ2) is 10.3. The maximum absolute atomic E-state index is 13.6. The van der Waals surface area contributed by atoms with Gasteiger partial charge in [-0.3, -0.25) is 4.79 Å². The van der Waals surface area contributed by atoms with Crippen molar-refractivity contribution in [1.82, 2.24) is 5.32 Å². The van der Waals surface area contributed by atoms with Crippen LogP contribution in [0.15, 0.2) is 18.2 Å². The van der Waals surface area contributed by atoms with E-state index >= 15 is 0 Å². The first-order valence-corrected chi connectivity index (χ1v) is 7.02. The van der Waals surface area contributed by atoms with Gasteiger partial charge in [0.05, 0.1) is 19.8 Å². The van der Waals surface area contributed by atoms with Crippen molar-refractivity contribution < 1.29 is 18.7 Å². The normalized spacial score (nSPS) is 10.6. The number of benzene rings is 1. The van der Waals surface area contributed by atoms with Crippen molar-refractivity contribution in [2.75, 3.05) is 33.4 Å². The van der Waals surface area contributed by atoms with E-state index in [0.29, 0.717) is 37.4 Å². The van der Waals surface area contributed by atoms with Crippen molar-refractivity contribution in [1.29, 1.82) is 0 Å². The third-order valence-corrected chi connectivity index (χ3v) is 2.91. The van der Waals surface area contributed by atoms with Crippen LogP contribution < -0.4 is 11.1 Å². The molecule has 1 amide bonds. The van der Waals surface area contributed by atoms with Crippen LogP contribution in [0.4, 0.5) is 4.39 Å². The summed E-state index contributed by atoms with van der Waals surface area (Å²) < 4.78 is 23.8. The Balaban J connectivity index is 2.52. The minimum absolute atomic E-state index is 0.115. The minimum Gasteiger partial charge on any atom is -0.382 e. The maximum Gasteiger partial charge on any atom is 0.251 e. The van der Waals surface area contributed by atoms with Crippen LogP contribution in [-0.4, -0.2) is 39.3 Å². The highest BCUT2D eigenvalue weighted by Gasteiger charge is 2.09. The van der Waals surface area contributed by atoms with Gasteiger partial charge in [0, 0.05) is 24.8 Å². The SMILES string of the molecule is COCCOCc1cc(C(=O)NCCCCN)ccc1F. The number of hydrogen-bond acceptors (Lipinski definition) is 4. The predicted molar refractivity (Wildman–Crippen MR) is 78.6 cm³/mol. The number of amides is 1. The smallest absolute Gasteiger partial charge is 0.251 e. The summed E-state index contributed by atoms with van der Waals surface area (Å²) in [7, 11) is 1.57. The van der Waals surface area contributed by atoms with Crippen molar-refractivity contribution in [2.45, 2.75) is 19.4 Å². The summed E-state index contributed by atoms with van der Waals surface area (Å²) in [5, 5.41) is 2.78. The van der Waals surface area contributed by atoms with Gasteiger partial charge in [-0.25, -0.2) is 4.39 Å². The number of methoxy groups -OCH3 is 1. The molecular formula is C15H23FN2O3. The summed E-state index contributed by atoms with van der Waals surface area (Å²) in [4.78, 5) is 11.9. The zero-order valence-electron chi connectivity index (χ0n) is 12.4. The molecule has 0 fully saturated rings. The fourth-order valence-corrected chi connectivity index (χ4v) is 1.72. The first-order valence-electron chi connectivity index (χ1n) is 7.02. The molecule has 0 aliphatic heterocycles. The number of rotatable bonds is 10. The molecule has 118 valence electrons. The fourth-order valence-electron chi connectivity index (χ4n) is 1.72. The second-order valence-corrected chi connectivity index (χ2v) is 4.60.